The zero-order chi connectivity index (χ0) is 19.8. The van der Waals surface area contributed by atoms with Gasteiger partial charge in [-0.05, 0) is 30.7 Å². The number of hydrogen-bond donors (Lipinski definition) is 1. The monoisotopic (exact) mass is 388 g/mol. The van der Waals surface area contributed by atoms with Crippen molar-refractivity contribution in [1.82, 2.24) is 4.57 Å². The summed E-state index contributed by atoms with van der Waals surface area (Å²) in [6.07, 6.45) is 0.668. The van der Waals surface area contributed by atoms with Crippen LogP contribution in [0.3, 0.4) is 0 Å². The molecule has 1 amide bonds. The second kappa shape index (κ2) is 7.13. The third-order valence-electron chi connectivity index (χ3n) is 5.41. The Labute approximate surface area is 168 Å². The van der Waals surface area contributed by atoms with Crippen LogP contribution in [-0.2, 0) is 11.3 Å². The normalized spacial score (nSPS) is 16.9. The van der Waals surface area contributed by atoms with Crippen molar-refractivity contribution in [2.75, 3.05) is 18.5 Å². The number of fused-ring (bicyclic) bond motifs is 2. The maximum absolute atomic E-state index is 12.9. The van der Waals surface area contributed by atoms with E-state index in [4.69, 9.17) is 9.47 Å². The van der Waals surface area contributed by atoms with E-state index in [1.165, 1.54) is 0 Å². The van der Waals surface area contributed by atoms with Crippen LogP contribution in [0.15, 0.2) is 60.7 Å². The lowest BCUT2D eigenvalue weighted by Gasteiger charge is -2.19. The maximum Gasteiger partial charge on any atom is 0.233 e. The van der Waals surface area contributed by atoms with Gasteiger partial charge < -0.3 is 19.4 Å². The average molecular weight is 388 g/mol. The van der Waals surface area contributed by atoms with E-state index in [1.54, 1.807) is 12.1 Å². The van der Waals surface area contributed by atoms with Crippen molar-refractivity contribution in [2.24, 2.45) is 0 Å². The lowest BCUT2D eigenvalue weighted by atomic mass is 10.0. The molecule has 0 saturated carbocycles. The standard InChI is InChI=1S/C23H20N2O4/c26-22(15-4-2-1-3-5-15)19-8-7-18-17(10-11-25(18)19)23(27)24-16-6-9-20-21(14-16)29-13-12-28-20/h1-9,14,17H,10-13H2,(H,24,27). The summed E-state index contributed by atoms with van der Waals surface area (Å²) in [5, 5.41) is 2.97. The highest BCUT2D eigenvalue weighted by Crippen LogP contribution is 2.35. The first-order chi connectivity index (χ1) is 14.2. The highest BCUT2D eigenvalue weighted by molar-refractivity contribution is 6.08. The molecule has 1 atom stereocenters. The summed E-state index contributed by atoms with van der Waals surface area (Å²) in [5.41, 5.74) is 2.82. The van der Waals surface area contributed by atoms with E-state index in [1.807, 2.05) is 53.1 Å². The van der Waals surface area contributed by atoms with Gasteiger partial charge in [0.1, 0.15) is 13.2 Å². The Morgan fingerprint density at radius 1 is 0.931 bits per heavy atom. The van der Waals surface area contributed by atoms with E-state index in [0.29, 0.717) is 54.6 Å². The van der Waals surface area contributed by atoms with Gasteiger partial charge in [0.05, 0.1) is 11.6 Å². The number of carbonyl (C=O) groups is 2. The molecule has 0 bridgehead atoms. The molecule has 6 nitrogen and oxygen atoms in total. The van der Waals surface area contributed by atoms with E-state index >= 15 is 0 Å². The van der Waals surface area contributed by atoms with Crippen LogP contribution in [0.4, 0.5) is 5.69 Å². The van der Waals surface area contributed by atoms with Crippen LogP contribution in [-0.4, -0.2) is 29.5 Å². The van der Waals surface area contributed by atoms with Gasteiger partial charge in [-0.3, -0.25) is 9.59 Å². The average Bonchev–Trinajstić information content (AvgIpc) is 3.36. The number of carbonyl (C=O) groups excluding carboxylic acids is 2. The lowest BCUT2D eigenvalue weighted by molar-refractivity contribution is -0.117. The Morgan fingerprint density at radius 3 is 2.55 bits per heavy atom. The second-order valence-electron chi connectivity index (χ2n) is 7.18. The van der Waals surface area contributed by atoms with Gasteiger partial charge in [0.25, 0.3) is 0 Å². The summed E-state index contributed by atoms with van der Waals surface area (Å²) in [4.78, 5) is 25.7. The number of amides is 1. The zero-order valence-electron chi connectivity index (χ0n) is 15.8. The van der Waals surface area contributed by atoms with Gasteiger partial charge in [0, 0.05) is 29.6 Å². The first-order valence-electron chi connectivity index (χ1n) is 9.70. The number of anilines is 1. The fraction of sp³-hybridized carbons (Fsp3) is 0.217. The summed E-state index contributed by atoms with van der Waals surface area (Å²) < 4.78 is 13.1. The van der Waals surface area contributed by atoms with Crippen molar-refractivity contribution in [3.05, 3.63) is 77.6 Å². The molecular formula is C23H20N2O4. The quantitative estimate of drug-likeness (QED) is 0.693. The SMILES string of the molecule is O=C(c1ccccc1)c1ccc2n1CCC2C(=O)Nc1ccc2c(c1)OCCO2. The lowest BCUT2D eigenvalue weighted by Crippen LogP contribution is -2.20. The number of hydrogen-bond acceptors (Lipinski definition) is 4. The molecule has 3 aromatic rings. The Bertz CT molecular complexity index is 1090. The molecule has 0 spiro atoms. The van der Waals surface area contributed by atoms with Gasteiger partial charge in [-0.25, -0.2) is 0 Å². The highest BCUT2D eigenvalue weighted by atomic mass is 16.6. The number of rotatable bonds is 4. The Morgan fingerprint density at radius 2 is 1.72 bits per heavy atom. The summed E-state index contributed by atoms with van der Waals surface area (Å²) in [7, 11) is 0. The summed E-state index contributed by atoms with van der Waals surface area (Å²) in [5.74, 6) is 0.926. The molecule has 0 aliphatic carbocycles. The number of ketones is 1. The Kier molecular flexibility index (Phi) is 4.31. The number of nitrogens with one attached hydrogen (secondary N) is 1. The summed E-state index contributed by atoms with van der Waals surface area (Å²) in [6.45, 7) is 1.68. The van der Waals surface area contributed by atoms with Crippen LogP contribution < -0.4 is 14.8 Å². The van der Waals surface area contributed by atoms with Crippen molar-refractivity contribution in [3.63, 3.8) is 0 Å². The largest absolute Gasteiger partial charge is 0.486 e. The predicted molar refractivity (Wildman–Crippen MR) is 108 cm³/mol. The first kappa shape index (κ1) is 17.6. The first-order valence-corrected chi connectivity index (χ1v) is 9.70. The van der Waals surface area contributed by atoms with Crippen molar-refractivity contribution < 1.29 is 19.1 Å². The molecule has 2 aromatic carbocycles. The van der Waals surface area contributed by atoms with Crippen molar-refractivity contribution in [1.29, 1.82) is 0 Å². The van der Waals surface area contributed by atoms with Crippen LogP contribution in [0.1, 0.15) is 34.1 Å². The number of ether oxygens (including phenoxy) is 2. The molecule has 0 saturated heterocycles. The molecule has 1 unspecified atom stereocenters. The molecule has 6 heteroatoms. The molecule has 29 heavy (non-hydrogen) atoms. The van der Waals surface area contributed by atoms with Crippen LogP contribution in [0.25, 0.3) is 0 Å². The number of aromatic nitrogens is 1. The molecule has 2 aliphatic rings. The summed E-state index contributed by atoms with van der Waals surface area (Å²) in [6, 6.07) is 18.3. The van der Waals surface area contributed by atoms with Crippen LogP contribution in [0.5, 0.6) is 11.5 Å². The molecule has 0 fully saturated rings. The molecule has 3 heterocycles. The van der Waals surface area contributed by atoms with Gasteiger partial charge in [-0.2, -0.15) is 0 Å². The van der Waals surface area contributed by atoms with Gasteiger partial charge >= 0.3 is 0 Å². The van der Waals surface area contributed by atoms with Crippen LogP contribution in [0, 0.1) is 0 Å². The zero-order valence-corrected chi connectivity index (χ0v) is 15.8. The third kappa shape index (κ3) is 3.16. The summed E-state index contributed by atoms with van der Waals surface area (Å²) >= 11 is 0. The fourth-order valence-electron chi connectivity index (χ4n) is 3.99. The minimum Gasteiger partial charge on any atom is -0.486 e. The third-order valence-corrected chi connectivity index (χ3v) is 5.41. The second-order valence-corrected chi connectivity index (χ2v) is 7.18. The predicted octanol–water partition coefficient (Wildman–Crippen LogP) is 3.62. The molecular weight excluding hydrogens is 368 g/mol. The maximum atomic E-state index is 12.9. The number of benzene rings is 2. The molecule has 1 aromatic heterocycles. The van der Waals surface area contributed by atoms with E-state index in [9.17, 15) is 9.59 Å². The van der Waals surface area contributed by atoms with E-state index in [0.717, 1.165) is 5.69 Å². The smallest absolute Gasteiger partial charge is 0.233 e. The Balaban J connectivity index is 1.35. The molecule has 2 aliphatic heterocycles. The molecule has 146 valence electrons. The van der Waals surface area contributed by atoms with E-state index in [-0.39, 0.29) is 17.6 Å². The molecule has 5 rings (SSSR count). The number of nitrogens with zero attached hydrogens (tertiary/aromatic N) is 1. The topological polar surface area (TPSA) is 69.6 Å². The fourth-order valence-corrected chi connectivity index (χ4v) is 3.99. The van der Waals surface area contributed by atoms with E-state index in [2.05, 4.69) is 5.32 Å². The van der Waals surface area contributed by atoms with Gasteiger partial charge in [-0.1, -0.05) is 30.3 Å². The van der Waals surface area contributed by atoms with Crippen LogP contribution >= 0.6 is 0 Å². The molecule has 0 radical (unpaired) electrons. The van der Waals surface area contributed by atoms with Crippen LogP contribution in [0.2, 0.25) is 0 Å². The van der Waals surface area contributed by atoms with Crippen molar-refractivity contribution in [2.45, 2.75) is 18.9 Å². The van der Waals surface area contributed by atoms with E-state index < -0.39 is 0 Å². The Hall–Kier alpha value is -3.54. The van der Waals surface area contributed by atoms with Gasteiger partial charge in [-0.15, -0.1) is 0 Å². The molecule has 1 N–H and O–H groups in total. The minimum absolute atomic E-state index is 0.0234. The minimum atomic E-state index is -0.291. The van der Waals surface area contributed by atoms with Gasteiger partial charge in [0.2, 0.25) is 11.7 Å². The van der Waals surface area contributed by atoms with Gasteiger partial charge in [0.15, 0.2) is 11.5 Å². The highest BCUT2D eigenvalue weighted by Gasteiger charge is 2.32. The van der Waals surface area contributed by atoms with Crippen molar-refractivity contribution in [3.8, 4) is 11.5 Å². The van der Waals surface area contributed by atoms with Crippen molar-refractivity contribution >= 4 is 17.4 Å².